The number of nitrogens with zero attached hydrogens (tertiary/aromatic N) is 3. The summed E-state index contributed by atoms with van der Waals surface area (Å²) in [6.45, 7) is 2.70. The summed E-state index contributed by atoms with van der Waals surface area (Å²) in [5.74, 6) is -1.34. The van der Waals surface area contributed by atoms with E-state index in [2.05, 4.69) is 10.3 Å². The number of amides is 1. The van der Waals surface area contributed by atoms with Gasteiger partial charge in [-0.25, -0.2) is 4.98 Å². The van der Waals surface area contributed by atoms with Crippen LogP contribution < -0.4 is 5.32 Å². The maximum absolute atomic E-state index is 12.1. The van der Waals surface area contributed by atoms with E-state index in [0.29, 0.717) is 32.6 Å². The number of aromatic nitrogens is 2. The van der Waals surface area contributed by atoms with Gasteiger partial charge in [0.05, 0.1) is 12.2 Å². The quantitative estimate of drug-likeness (QED) is 0.779. The van der Waals surface area contributed by atoms with Crippen LogP contribution in [0.4, 0.5) is 0 Å². The topological polar surface area (TPSA) is 87.5 Å². The van der Waals surface area contributed by atoms with Crippen molar-refractivity contribution < 1.29 is 14.7 Å². The molecule has 0 bridgehead atoms. The smallest absolute Gasteiger partial charge is 0.309 e. The summed E-state index contributed by atoms with van der Waals surface area (Å²) in [6.07, 6.45) is 6.46. The Morgan fingerprint density at radius 3 is 3.00 bits per heavy atom. The number of rotatable bonds is 5. The highest BCUT2D eigenvalue weighted by Gasteiger charge is 2.25. The molecule has 20 heavy (non-hydrogen) atoms. The van der Waals surface area contributed by atoms with E-state index in [4.69, 9.17) is 5.11 Å². The average molecular weight is 280 g/mol. The summed E-state index contributed by atoms with van der Waals surface area (Å²) in [6, 6.07) is 0. The van der Waals surface area contributed by atoms with Crippen molar-refractivity contribution in [2.24, 2.45) is 5.92 Å². The summed E-state index contributed by atoms with van der Waals surface area (Å²) in [5, 5.41) is 12.1. The van der Waals surface area contributed by atoms with Crippen molar-refractivity contribution >= 4 is 11.9 Å². The molecular formula is C13H20N4O3. The summed E-state index contributed by atoms with van der Waals surface area (Å²) in [5.41, 5.74) is 0. The van der Waals surface area contributed by atoms with Gasteiger partial charge in [0.2, 0.25) is 5.91 Å². The Balaban J connectivity index is 1.79. The van der Waals surface area contributed by atoms with E-state index in [-0.39, 0.29) is 5.91 Å². The van der Waals surface area contributed by atoms with Crippen LogP contribution in [0.1, 0.15) is 12.8 Å². The Bertz CT molecular complexity index is 446. The van der Waals surface area contributed by atoms with Crippen LogP contribution in [0.25, 0.3) is 0 Å². The molecule has 1 aromatic rings. The lowest BCUT2D eigenvalue weighted by Crippen LogP contribution is -2.38. The van der Waals surface area contributed by atoms with Crippen LogP contribution in [0.3, 0.4) is 0 Å². The second kappa shape index (κ2) is 7.04. The molecule has 2 rings (SSSR count). The molecule has 0 aliphatic carbocycles. The monoisotopic (exact) mass is 280 g/mol. The van der Waals surface area contributed by atoms with Gasteiger partial charge in [0.15, 0.2) is 0 Å². The lowest BCUT2D eigenvalue weighted by molar-refractivity contribution is -0.143. The van der Waals surface area contributed by atoms with Crippen molar-refractivity contribution in [3.8, 4) is 0 Å². The maximum Gasteiger partial charge on any atom is 0.309 e. The molecule has 1 atom stereocenters. The minimum atomic E-state index is -0.851. The molecule has 7 heteroatoms. The van der Waals surface area contributed by atoms with Crippen LogP contribution in [-0.2, 0) is 16.1 Å². The van der Waals surface area contributed by atoms with Gasteiger partial charge in [-0.2, -0.15) is 0 Å². The number of hydrogen-bond acceptors (Lipinski definition) is 4. The first-order valence-corrected chi connectivity index (χ1v) is 6.84. The first kappa shape index (κ1) is 14.5. The van der Waals surface area contributed by atoms with Crippen LogP contribution >= 0.6 is 0 Å². The number of carboxylic acid groups (broad SMARTS) is 1. The number of carbonyl (C=O) groups is 2. The van der Waals surface area contributed by atoms with Gasteiger partial charge in [0.25, 0.3) is 0 Å². The molecule has 0 spiro atoms. The fourth-order valence-electron chi connectivity index (χ4n) is 2.29. The van der Waals surface area contributed by atoms with E-state index in [1.807, 2.05) is 10.8 Å². The number of nitrogens with one attached hydrogen (secondary N) is 1. The molecular weight excluding hydrogens is 260 g/mol. The highest BCUT2D eigenvalue weighted by atomic mass is 16.4. The van der Waals surface area contributed by atoms with Gasteiger partial charge >= 0.3 is 5.97 Å². The number of aliphatic carboxylic acids is 1. The van der Waals surface area contributed by atoms with Gasteiger partial charge in [0.1, 0.15) is 0 Å². The molecule has 0 aromatic carbocycles. The zero-order chi connectivity index (χ0) is 14.4. The number of carboxylic acids is 1. The zero-order valence-corrected chi connectivity index (χ0v) is 11.4. The lowest BCUT2D eigenvalue weighted by atomic mass is 10.1. The average Bonchev–Trinajstić information content (AvgIpc) is 2.80. The highest BCUT2D eigenvalue weighted by molar-refractivity contribution is 5.77. The van der Waals surface area contributed by atoms with E-state index >= 15 is 0 Å². The normalized spacial score (nSPS) is 19.6. The van der Waals surface area contributed by atoms with Gasteiger partial charge in [0, 0.05) is 51.5 Å². The van der Waals surface area contributed by atoms with E-state index in [9.17, 15) is 9.59 Å². The van der Waals surface area contributed by atoms with Crippen molar-refractivity contribution in [2.75, 3.05) is 26.2 Å². The van der Waals surface area contributed by atoms with E-state index in [1.165, 1.54) is 0 Å². The van der Waals surface area contributed by atoms with Crippen LogP contribution in [-0.4, -0.2) is 57.6 Å². The fourth-order valence-corrected chi connectivity index (χ4v) is 2.29. The Hall–Kier alpha value is -1.89. The molecule has 1 amide bonds. The molecule has 1 aromatic heterocycles. The largest absolute Gasteiger partial charge is 0.481 e. The maximum atomic E-state index is 12.1. The molecule has 0 unspecified atom stereocenters. The number of aryl methyl sites for hydroxylation is 1. The van der Waals surface area contributed by atoms with Crippen LogP contribution in [0.15, 0.2) is 18.7 Å². The predicted octanol–water partition coefficient (Wildman–Crippen LogP) is -0.204. The van der Waals surface area contributed by atoms with E-state index in [0.717, 1.165) is 13.0 Å². The minimum Gasteiger partial charge on any atom is -0.481 e. The van der Waals surface area contributed by atoms with Crippen molar-refractivity contribution in [2.45, 2.75) is 19.4 Å². The third-order valence-electron chi connectivity index (χ3n) is 3.46. The van der Waals surface area contributed by atoms with Crippen molar-refractivity contribution in [1.29, 1.82) is 0 Å². The summed E-state index contributed by atoms with van der Waals surface area (Å²) in [7, 11) is 0. The Morgan fingerprint density at radius 2 is 2.30 bits per heavy atom. The molecule has 1 fully saturated rings. The van der Waals surface area contributed by atoms with Gasteiger partial charge < -0.3 is 19.9 Å². The molecule has 7 nitrogen and oxygen atoms in total. The first-order chi connectivity index (χ1) is 9.66. The van der Waals surface area contributed by atoms with Crippen molar-refractivity contribution in [3.05, 3.63) is 18.7 Å². The van der Waals surface area contributed by atoms with Gasteiger partial charge in [-0.15, -0.1) is 0 Å². The lowest BCUT2D eigenvalue weighted by Gasteiger charge is -2.22. The van der Waals surface area contributed by atoms with Crippen LogP contribution in [0, 0.1) is 5.92 Å². The van der Waals surface area contributed by atoms with Gasteiger partial charge in [-0.1, -0.05) is 0 Å². The molecule has 1 saturated heterocycles. The molecule has 1 aliphatic rings. The predicted molar refractivity (Wildman–Crippen MR) is 72.0 cm³/mol. The van der Waals surface area contributed by atoms with E-state index < -0.39 is 11.9 Å². The highest BCUT2D eigenvalue weighted by Crippen LogP contribution is 2.07. The van der Waals surface area contributed by atoms with Crippen molar-refractivity contribution in [1.82, 2.24) is 19.8 Å². The number of hydrogen-bond donors (Lipinski definition) is 2. The minimum absolute atomic E-state index is 0.0278. The Kier molecular flexibility index (Phi) is 5.11. The second-order valence-electron chi connectivity index (χ2n) is 4.98. The second-order valence-corrected chi connectivity index (χ2v) is 4.98. The summed E-state index contributed by atoms with van der Waals surface area (Å²) < 4.78 is 1.93. The molecule has 0 saturated carbocycles. The molecule has 2 N–H and O–H groups in total. The van der Waals surface area contributed by atoms with E-state index in [1.54, 1.807) is 17.4 Å². The Morgan fingerprint density at radius 1 is 1.45 bits per heavy atom. The molecule has 2 heterocycles. The third-order valence-corrected chi connectivity index (χ3v) is 3.46. The molecule has 110 valence electrons. The fraction of sp³-hybridized carbons (Fsp3) is 0.615. The number of carbonyl (C=O) groups excluding carboxylic acids is 1. The SMILES string of the molecule is O=C(O)[C@@H]1CNCCN(C(=O)CCCn2ccnc2)C1. The Labute approximate surface area is 117 Å². The first-order valence-electron chi connectivity index (χ1n) is 6.84. The zero-order valence-electron chi connectivity index (χ0n) is 11.4. The van der Waals surface area contributed by atoms with Crippen LogP contribution in [0.2, 0.25) is 0 Å². The molecule has 1 aliphatic heterocycles. The van der Waals surface area contributed by atoms with Gasteiger partial charge in [-0.3, -0.25) is 9.59 Å². The molecule has 0 radical (unpaired) electrons. The van der Waals surface area contributed by atoms with Crippen LogP contribution in [0.5, 0.6) is 0 Å². The van der Waals surface area contributed by atoms with Crippen molar-refractivity contribution in [3.63, 3.8) is 0 Å². The standard InChI is InChI=1S/C13H20N4O3/c18-12(2-1-5-16-6-3-15-10-16)17-7-4-14-8-11(9-17)13(19)20/h3,6,10-11,14H,1-2,4-5,7-9H2,(H,19,20)/t11-/m1/s1. The third kappa shape index (κ3) is 4.06. The summed E-state index contributed by atoms with van der Waals surface area (Å²) >= 11 is 0. The van der Waals surface area contributed by atoms with Gasteiger partial charge in [-0.05, 0) is 6.42 Å². The summed E-state index contributed by atoms with van der Waals surface area (Å²) in [4.78, 5) is 28.8. The number of imidazole rings is 1.